The number of hydrogen-bond donors (Lipinski definition) is 3. The lowest BCUT2D eigenvalue weighted by atomic mass is 10.00. The molecule has 0 fully saturated rings. The summed E-state index contributed by atoms with van der Waals surface area (Å²) in [5.74, 6) is 0.277. The molecule has 3 N–H and O–H groups in total. The Kier molecular flexibility index (Phi) is 8.48. The molecule has 0 unspecified atom stereocenters. The summed E-state index contributed by atoms with van der Waals surface area (Å²) >= 11 is 6.10. The number of amides is 2. The van der Waals surface area contributed by atoms with Crippen molar-refractivity contribution < 1.29 is 29.0 Å². The van der Waals surface area contributed by atoms with E-state index in [0.717, 1.165) is 16.7 Å². The molecule has 0 saturated carbocycles. The number of anilines is 2. The third-order valence-electron chi connectivity index (χ3n) is 4.94. The van der Waals surface area contributed by atoms with Crippen molar-refractivity contribution in [3.63, 3.8) is 0 Å². The van der Waals surface area contributed by atoms with Gasteiger partial charge < -0.3 is 14.6 Å². The molecule has 3 aromatic rings. The lowest BCUT2D eigenvalue weighted by molar-refractivity contribution is 0.112. The zero-order chi connectivity index (χ0) is 24.5. The molecule has 2 amide bonds. The molecule has 34 heavy (non-hydrogen) atoms. The van der Waals surface area contributed by atoms with Crippen LogP contribution in [-0.2, 0) is 11.2 Å². The number of carboxylic acid groups (broad SMARTS) is 1. The fraction of sp³-hybridized carbons (Fsp3) is 0.160. The molecule has 9 heteroatoms. The van der Waals surface area contributed by atoms with Gasteiger partial charge in [0.2, 0.25) is 0 Å². The van der Waals surface area contributed by atoms with E-state index >= 15 is 0 Å². The molecule has 0 spiro atoms. The molecule has 0 atom stereocenters. The van der Waals surface area contributed by atoms with E-state index in [1.807, 2.05) is 42.5 Å². The lowest BCUT2D eigenvalue weighted by Gasteiger charge is -2.13. The van der Waals surface area contributed by atoms with E-state index in [9.17, 15) is 19.5 Å². The highest BCUT2D eigenvalue weighted by Gasteiger charge is 2.13. The van der Waals surface area contributed by atoms with Gasteiger partial charge in [-0.15, -0.1) is 0 Å². The van der Waals surface area contributed by atoms with E-state index in [4.69, 9.17) is 21.1 Å². The van der Waals surface area contributed by atoms with Crippen LogP contribution in [0.2, 0.25) is 5.02 Å². The number of carbonyl (C=O) groups is 3. The molecular weight excluding hydrogens is 460 g/mol. The normalized spacial score (nSPS) is 10.3. The van der Waals surface area contributed by atoms with Gasteiger partial charge in [0.05, 0.1) is 35.7 Å². The van der Waals surface area contributed by atoms with Crippen LogP contribution in [0.5, 0.6) is 5.75 Å². The van der Waals surface area contributed by atoms with Gasteiger partial charge in [-0.05, 0) is 36.1 Å². The minimum Gasteiger partial charge on any atom is -0.496 e. The standard InChI is InChI=1S/C25H23ClN2O6/c1-33-23-14-22(20(26)13-18(23)15-29)28-25(32)34-11-5-6-16-9-10-19(17-7-3-2-4-8-17)21(12-16)27-24(30)31/h2-4,7-10,12-15,27H,5-6,11H2,1H3,(H,28,32)(H,30,31). The Bertz CT molecular complexity index is 1180. The van der Waals surface area contributed by atoms with Crippen LogP contribution in [-0.4, -0.2) is 37.3 Å². The maximum absolute atomic E-state index is 12.1. The molecule has 176 valence electrons. The van der Waals surface area contributed by atoms with Crippen LogP contribution in [0.15, 0.2) is 60.7 Å². The molecule has 0 aliphatic rings. The quantitative estimate of drug-likeness (QED) is 0.251. The van der Waals surface area contributed by atoms with Crippen molar-refractivity contribution >= 4 is 41.4 Å². The van der Waals surface area contributed by atoms with Gasteiger partial charge in [-0.2, -0.15) is 0 Å². The average Bonchev–Trinajstić information content (AvgIpc) is 2.83. The second kappa shape index (κ2) is 11.7. The van der Waals surface area contributed by atoms with Crippen molar-refractivity contribution in [2.75, 3.05) is 24.4 Å². The number of carbonyl (C=O) groups excluding carboxylic acids is 2. The Morgan fingerprint density at radius 3 is 2.47 bits per heavy atom. The largest absolute Gasteiger partial charge is 0.496 e. The molecular formula is C25H23ClN2O6. The highest BCUT2D eigenvalue weighted by Crippen LogP contribution is 2.31. The molecule has 0 saturated heterocycles. The predicted molar refractivity (Wildman–Crippen MR) is 130 cm³/mol. The van der Waals surface area contributed by atoms with Crippen LogP contribution in [0.4, 0.5) is 21.0 Å². The van der Waals surface area contributed by atoms with Crippen molar-refractivity contribution in [3.8, 4) is 16.9 Å². The first-order chi connectivity index (χ1) is 16.4. The summed E-state index contributed by atoms with van der Waals surface area (Å²) < 4.78 is 10.3. The molecule has 0 heterocycles. The molecule has 0 aromatic heterocycles. The van der Waals surface area contributed by atoms with Crippen molar-refractivity contribution in [1.82, 2.24) is 0 Å². The fourth-order valence-corrected chi connectivity index (χ4v) is 3.57. The van der Waals surface area contributed by atoms with E-state index in [0.29, 0.717) is 24.8 Å². The summed E-state index contributed by atoms with van der Waals surface area (Å²) in [7, 11) is 1.40. The van der Waals surface area contributed by atoms with E-state index in [-0.39, 0.29) is 28.6 Å². The van der Waals surface area contributed by atoms with Gasteiger partial charge in [0, 0.05) is 11.6 Å². The molecule has 3 aromatic carbocycles. The zero-order valence-corrected chi connectivity index (χ0v) is 19.1. The highest BCUT2D eigenvalue weighted by molar-refractivity contribution is 6.34. The molecule has 0 aliphatic carbocycles. The number of halogens is 1. The number of aldehydes is 1. The minimum absolute atomic E-state index is 0.134. The molecule has 8 nitrogen and oxygen atoms in total. The van der Waals surface area contributed by atoms with E-state index in [1.54, 1.807) is 6.07 Å². The van der Waals surface area contributed by atoms with Crippen molar-refractivity contribution in [3.05, 3.63) is 76.8 Å². The highest BCUT2D eigenvalue weighted by atomic mass is 35.5. The molecule has 0 aliphatic heterocycles. The third kappa shape index (κ3) is 6.49. The van der Waals surface area contributed by atoms with Crippen LogP contribution < -0.4 is 15.4 Å². The Hall–Kier alpha value is -4.04. The van der Waals surface area contributed by atoms with Crippen LogP contribution in [0, 0.1) is 0 Å². The first-order valence-corrected chi connectivity index (χ1v) is 10.7. The fourth-order valence-electron chi connectivity index (χ4n) is 3.36. The third-order valence-corrected chi connectivity index (χ3v) is 5.25. The number of ether oxygens (including phenoxy) is 2. The number of nitrogens with one attached hydrogen (secondary N) is 2. The number of hydrogen-bond acceptors (Lipinski definition) is 5. The second-order valence-electron chi connectivity index (χ2n) is 7.23. The topological polar surface area (TPSA) is 114 Å². The summed E-state index contributed by atoms with van der Waals surface area (Å²) in [5.41, 5.74) is 3.57. The SMILES string of the molecule is COc1cc(NC(=O)OCCCc2ccc(-c3ccccc3)c(NC(=O)O)c2)c(Cl)cc1C=O. The Morgan fingerprint density at radius 1 is 1.03 bits per heavy atom. The van der Waals surface area contributed by atoms with Gasteiger partial charge >= 0.3 is 12.2 Å². The maximum Gasteiger partial charge on any atom is 0.411 e. The van der Waals surface area contributed by atoms with Crippen LogP contribution in [0.1, 0.15) is 22.3 Å². The first kappa shape index (κ1) is 24.6. The monoisotopic (exact) mass is 482 g/mol. The van der Waals surface area contributed by atoms with Crippen molar-refractivity contribution in [1.29, 1.82) is 0 Å². The molecule has 0 bridgehead atoms. The summed E-state index contributed by atoms with van der Waals surface area (Å²) in [6.07, 6.45) is -0.150. The van der Waals surface area contributed by atoms with Gasteiger partial charge in [0.15, 0.2) is 6.29 Å². The molecule has 0 radical (unpaired) electrons. The van der Waals surface area contributed by atoms with Gasteiger partial charge in [0.25, 0.3) is 0 Å². The predicted octanol–water partition coefficient (Wildman–Crippen LogP) is 6.10. The van der Waals surface area contributed by atoms with E-state index < -0.39 is 12.2 Å². The number of aryl methyl sites for hydroxylation is 1. The Balaban J connectivity index is 1.58. The zero-order valence-electron chi connectivity index (χ0n) is 18.3. The second-order valence-corrected chi connectivity index (χ2v) is 7.64. The Morgan fingerprint density at radius 2 is 1.79 bits per heavy atom. The summed E-state index contributed by atoms with van der Waals surface area (Å²) in [6.45, 7) is 0.134. The summed E-state index contributed by atoms with van der Waals surface area (Å²) in [6, 6.07) is 17.9. The van der Waals surface area contributed by atoms with Crippen LogP contribution >= 0.6 is 11.6 Å². The van der Waals surface area contributed by atoms with Gasteiger partial charge in [0.1, 0.15) is 5.75 Å². The van der Waals surface area contributed by atoms with Crippen LogP contribution in [0.25, 0.3) is 11.1 Å². The van der Waals surface area contributed by atoms with Gasteiger partial charge in [-0.3, -0.25) is 15.4 Å². The maximum atomic E-state index is 12.1. The number of methoxy groups -OCH3 is 1. The van der Waals surface area contributed by atoms with E-state index in [2.05, 4.69) is 10.6 Å². The first-order valence-electron chi connectivity index (χ1n) is 10.4. The smallest absolute Gasteiger partial charge is 0.411 e. The number of rotatable bonds is 9. The summed E-state index contributed by atoms with van der Waals surface area (Å²) in [5, 5.41) is 14.3. The van der Waals surface area contributed by atoms with Crippen molar-refractivity contribution in [2.45, 2.75) is 12.8 Å². The van der Waals surface area contributed by atoms with E-state index in [1.165, 1.54) is 19.2 Å². The Labute approximate surface area is 201 Å². The van der Waals surface area contributed by atoms with Crippen molar-refractivity contribution in [2.24, 2.45) is 0 Å². The van der Waals surface area contributed by atoms with Gasteiger partial charge in [-0.25, -0.2) is 9.59 Å². The molecule has 3 rings (SSSR count). The van der Waals surface area contributed by atoms with Crippen LogP contribution in [0.3, 0.4) is 0 Å². The lowest BCUT2D eigenvalue weighted by Crippen LogP contribution is -2.15. The summed E-state index contributed by atoms with van der Waals surface area (Å²) in [4.78, 5) is 34.4. The number of benzene rings is 3. The minimum atomic E-state index is -1.15. The average molecular weight is 483 g/mol. The van der Waals surface area contributed by atoms with Gasteiger partial charge in [-0.1, -0.05) is 54.1 Å².